The van der Waals surface area contributed by atoms with Crippen LogP contribution < -0.4 is 0 Å². The fourth-order valence-corrected chi connectivity index (χ4v) is 2.71. The summed E-state index contributed by atoms with van der Waals surface area (Å²) in [4.78, 5) is 9.28. The maximum Gasteiger partial charge on any atom is 0.138 e. The minimum absolute atomic E-state index is 0.103. The zero-order valence-corrected chi connectivity index (χ0v) is 12.3. The summed E-state index contributed by atoms with van der Waals surface area (Å²) in [7, 11) is 0. The van der Waals surface area contributed by atoms with Crippen LogP contribution >= 0.6 is 23.4 Å². The van der Waals surface area contributed by atoms with Crippen molar-refractivity contribution in [2.24, 2.45) is 0 Å². The van der Waals surface area contributed by atoms with Crippen LogP contribution in [0.5, 0.6) is 0 Å². The van der Waals surface area contributed by atoms with Gasteiger partial charge in [-0.25, -0.2) is 14.4 Å². The monoisotopic (exact) mass is 296 g/mol. The van der Waals surface area contributed by atoms with E-state index in [1.807, 2.05) is 19.9 Å². The SMILES string of the molecule is Cc1nc(CSc2ccccc2F)ncc1C(C)Cl. The fraction of sp³-hybridized carbons (Fsp3) is 0.286. The van der Waals surface area contributed by atoms with E-state index in [0.717, 1.165) is 11.3 Å². The molecule has 1 heterocycles. The van der Waals surface area contributed by atoms with E-state index in [2.05, 4.69) is 9.97 Å². The van der Waals surface area contributed by atoms with Gasteiger partial charge in [0.05, 0.1) is 11.1 Å². The molecule has 0 amide bonds. The first-order chi connectivity index (χ1) is 9.08. The Bertz CT molecular complexity index is 575. The number of alkyl halides is 1. The highest BCUT2D eigenvalue weighted by Crippen LogP contribution is 2.25. The Labute approximate surface area is 121 Å². The highest BCUT2D eigenvalue weighted by atomic mass is 35.5. The molecule has 1 unspecified atom stereocenters. The first-order valence-corrected chi connectivity index (χ1v) is 7.34. The Morgan fingerprint density at radius 2 is 2.11 bits per heavy atom. The van der Waals surface area contributed by atoms with Gasteiger partial charge in [0.2, 0.25) is 0 Å². The van der Waals surface area contributed by atoms with Crippen LogP contribution in [0, 0.1) is 12.7 Å². The minimum atomic E-state index is -0.213. The molecule has 0 bridgehead atoms. The van der Waals surface area contributed by atoms with Gasteiger partial charge in [0.1, 0.15) is 11.6 Å². The van der Waals surface area contributed by atoms with Crippen molar-refractivity contribution < 1.29 is 4.39 Å². The van der Waals surface area contributed by atoms with Gasteiger partial charge >= 0.3 is 0 Å². The number of rotatable bonds is 4. The number of thioether (sulfide) groups is 1. The van der Waals surface area contributed by atoms with E-state index in [4.69, 9.17) is 11.6 Å². The molecule has 0 aliphatic heterocycles. The summed E-state index contributed by atoms with van der Waals surface area (Å²) in [5.41, 5.74) is 1.81. The standard InChI is InChI=1S/C14H14ClFN2S/c1-9(15)11-7-17-14(18-10(11)2)8-19-13-6-4-3-5-12(13)16/h3-7,9H,8H2,1-2H3. The maximum absolute atomic E-state index is 13.5. The van der Waals surface area contributed by atoms with E-state index in [0.29, 0.717) is 16.5 Å². The van der Waals surface area contributed by atoms with Crippen LogP contribution in [0.15, 0.2) is 35.4 Å². The second-order valence-corrected chi connectivity index (χ2v) is 5.83. The molecule has 5 heteroatoms. The molecule has 0 spiro atoms. The summed E-state index contributed by atoms with van der Waals surface area (Å²) in [6, 6.07) is 6.70. The molecule has 1 atom stereocenters. The summed E-state index contributed by atoms with van der Waals surface area (Å²) in [5, 5.41) is -0.103. The predicted molar refractivity (Wildman–Crippen MR) is 77.0 cm³/mol. The Hall–Kier alpha value is -1.13. The van der Waals surface area contributed by atoms with Crippen LogP contribution in [0.3, 0.4) is 0 Å². The molecule has 0 aliphatic carbocycles. The van der Waals surface area contributed by atoms with Crippen LogP contribution in [-0.4, -0.2) is 9.97 Å². The molecule has 0 saturated carbocycles. The van der Waals surface area contributed by atoms with Crippen molar-refractivity contribution in [3.8, 4) is 0 Å². The molecule has 2 nitrogen and oxygen atoms in total. The highest BCUT2D eigenvalue weighted by molar-refractivity contribution is 7.98. The van der Waals surface area contributed by atoms with Gasteiger partial charge in [0.25, 0.3) is 0 Å². The van der Waals surface area contributed by atoms with E-state index in [9.17, 15) is 4.39 Å². The smallest absolute Gasteiger partial charge is 0.138 e. The van der Waals surface area contributed by atoms with Crippen LogP contribution in [0.25, 0.3) is 0 Å². The lowest BCUT2D eigenvalue weighted by Gasteiger charge is -2.08. The van der Waals surface area contributed by atoms with Gasteiger partial charge in [-0.2, -0.15) is 0 Å². The van der Waals surface area contributed by atoms with Gasteiger partial charge in [-0.05, 0) is 26.0 Å². The van der Waals surface area contributed by atoms with Gasteiger partial charge in [-0.1, -0.05) is 12.1 Å². The van der Waals surface area contributed by atoms with Crippen molar-refractivity contribution in [1.29, 1.82) is 0 Å². The molecule has 0 aliphatic rings. The predicted octanol–water partition coefficient (Wildman–Crippen LogP) is 4.52. The van der Waals surface area contributed by atoms with Gasteiger partial charge in [0.15, 0.2) is 0 Å². The zero-order chi connectivity index (χ0) is 13.8. The highest BCUT2D eigenvalue weighted by Gasteiger charge is 2.09. The summed E-state index contributed by atoms with van der Waals surface area (Å²) in [5.74, 6) is 1.01. The molecule has 0 fully saturated rings. The number of hydrogen-bond acceptors (Lipinski definition) is 3. The quantitative estimate of drug-likeness (QED) is 0.613. The normalized spacial score (nSPS) is 12.4. The fourth-order valence-electron chi connectivity index (χ4n) is 1.69. The summed E-state index contributed by atoms with van der Waals surface area (Å²) in [6.07, 6.45) is 1.75. The topological polar surface area (TPSA) is 25.8 Å². The van der Waals surface area contributed by atoms with Gasteiger partial charge in [-0.3, -0.25) is 0 Å². The summed E-state index contributed by atoms with van der Waals surface area (Å²) >= 11 is 7.41. The number of aromatic nitrogens is 2. The molecule has 0 radical (unpaired) electrons. The van der Waals surface area contributed by atoms with Crippen LogP contribution in [0.2, 0.25) is 0 Å². The summed E-state index contributed by atoms with van der Waals surface area (Å²) < 4.78 is 13.5. The molecule has 2 rings (SSSR count). The number of nitrogens with zero attached hydrogens (tertiary/aromatic N) is 2. The Balaban J connectivity index is 2.08. The van der Waals surface area contributed by atoms with Crippen molar-refractivity contribution in [1.82, 2.24) is 9.97 Å². The molecule has 1 aromatic carbocycles. The number of benzene rings is 1. The summed E-state index contributed by atoms with van der Waals surface area (Å²) in [6.45, 7) is 3.80. The van der Waals surface area contributed by atoms with Gasteiger partial charge in [0, 0.05) is 22.3 Å². The minimum Gasteiger partial charge on any atom is -0.240 e. The first-order valence-electron chi connectivity index (χ1n) is 5.91. The van der Waals surface area contributed by atoms with E-state index in [-0.39, 0.29) is 11.2 Å². The van der Waals surface area contributed by atoms with Crippen LogP contribution in [0.1, 0.15) is 29.4 Å². The molecule has 0 saturated heterocycles. The van der Waals surface area contributed by atoms with Crippen molar-refractivity contribution in [3.63, 3.8) is 0 Å². The Morgan fingerprint density at radius 3 is 2.74 bits per heavy atom. The van der Waals surface area contributed by atoms with E-state index < -0.39 is 0 Å². The second-order valence-electron chi connectivity index (χ2n) is 4.16. The third-order valence-corrected chi connectivity index (χ3v) is 3.97. The Kier molecular flexibility index (Phi) is 4.77. The number of hydrogen-bond donors (Lipinski definition) is 0. The second kappa shape index (κ2) is 6.35. The average Bonchev–Trinajstić information content (AvgIpc) is 2.37. The maximum atomic E-state index is 13.5. The molecular weight excluding hydrogens is 283 g/mol. The van der Waals surface area contributed by atoms with Crippen molar-refractivity contribution in [3.05, 3.63) is 53.4 Å². The lowest BCUT2D eigenvalue weighted by molar-refractivity contribution is 0.602. The molecule has 2 aromatic rings. The van der Waals surface area contributed by atoms with Crippen LogP contribution in [0.4, 0.5) is 4.39 Å². The number of aryl methyl sites for hydroxylation is 1. The number of halogens is 2. The van der Waals surface area contributed by atoms with Crippen molar-refractivity contribution in [2.45, 2.75) is 29.9 Å². The molecule has 19 heavy (non-hydrogen) atoms. The lowest BCUT2D eigenvalue weighted by Crippen LogP contribution is -2.00. The van der Waals surface area contributed by atoms with E-state index in [1.165, 1.54) is 17.8 Å². The third kappa shape index (κ3) is 3.67. The van der Waals surface area contributed by atoms with Gasteiger partial charge in [-0.15, -0.1) is 23.4 Å². The molecule has 1 aromatic heterocycles. The third-order valence-electron chi connectivity index (χ3n) is 2.69. The lowest BCUT2D eigenvalue weighted by atomic mass is 10.2. The van der Waals surface area contributed by atoms with E-state index in [1.54, 1.807) is 18.3 Å². The largest absolute Gasteiger partial charge is 0.240 e. The molecular formula is C14H14ClFN2S. The van der Waals surface area contributed by atoms with Crippen LogP contribution in [-0.2, 0) is 5.75 Å². The zero-order valence-electron chi connectivity index (χ0n) is 10.7. The molecule has 0 N–H and O–H groups in total. The van der Waals surface area contributed by atoms with Crippen molar-refractivity contribution >= 4 is 23.4 Å². The molecule has 100 valence electrons. The van der Waals surface area contributed by atoms with Gasteiger partial charge < -0.3 is 0 Å². The van der Waals surface area contributed by atoms with E-state index >= 15 is 0 Å². The van der Waals surface area contributed by atoms with Crippen molar-refractivity contribution in [2.75, 3.05) is 0 Å². The first kappa shape index (κ1) is 14.3. The average molecular weight is 297 g/mol. The Morgan fingerprint density at radius 1 is 1.37 bits per heavy atom.